The zero-order chi connectivity index (χ0) is 18.8. The molecule has 0 fully saturated rings. The van der Waals surface area contributed by atoms with Gasteiger partial charge in [-0.2, -0.15) is 13.2 Å². The molecule has 0 radical (unpaired) electrons. The second kappa shape index (κ2) is 7.52. The predicted molar refractivity (Wildman–Crippen MR) is 91.6 cm³/mol. The number of H-pyrrole nitrogens is 1. The van der Waals surface area contributed by atoms with Gasteiger partial charge in [-0.3, -0.25) is 4.79 Å². The molecule has 1 aromatic rings. The maximum atomic E-state index is 13.6. The number of aromatic amines is 1. The lowest BCUT2D eigenvalue weighted by Crippen LogP contribution is -2.22. The molecule has 1 aliphatic carbocycles. The number of alkyl halides is 3. The molecule has 25 heavy (non-hydrogen) atoms. The molecule has 0 amide bonds. The summed E-state index contributed by atoms with van der Waals surface area (Å²) in [5.41, 5.74) is -1.02. The summed E-state index contributed by atoms with van der Waals surface area (Å²) < 4.78 is 40.9. The van der Waals surface area contributed by atoms with Gasteiger partial charge in [0.1, 0.15) is 0 Å². The van der Waals surface area contributed by atoms with E-state index in [-0.39, 0.29) is 11.0 Å². The highest BCUT2D eigenvalue weighted by Crippen LogP contribution is 2.42. The summed E-state index contributed by atoms with van der Waals surface area (Å²) in [6, 6.07) is 1.21. The first-order valence-electron chi connectivity index (χ1n) is 7.84. The molecule has 0 aliphatic heterocycles. The Labute approximate surface area is 148 Å². The van der Waals surface area contributed by atoms with Crippen molar-refractivity contribution in [2.24, 2.45) is 11.8 Å². The van der Waals surface area contributed by atoms with E-state index in [2.05, 4.69) is 4.98 Å². The molecule has 0 saturated heterocycles. The second-order valence-corrected chi connectivity index (χ2v) is 6.58. The van der Waals surface area contributed by atoms with Crippen LogP contribution in [0.25, 0.3) is 0 Å². The van der Waals surface area contributed by atoms with Gasteiger partial charge < -0.3 is 10.1 Å². The van der Waals surface area contributed by atoms with E-state index in [1.165, 1.54) is 24.4 Å². The lowest BCUT2D eigenvalue weighted by Gasteiger charge is -2.27. The summed E-state index contributed by atoms with van der Waals surface area (Å²) in [4.78, 5) is 13.7. The molecule has 0 saturated carbocycles. The molecule has 3 atom stereocenters. The Bertz CT molecular complexity index is 777. The van der Waals surface area contributed by atoms with E-state index in [1.54, 1.807) is 13.0 Å². The van der Waals surface area contributed by atoms with Crippen molar-refractivity contribution >= 4 is 11.6 Å². The first-order chi connectivity index (χ1) is 11.6. The van der Waals surface area contributed by atoms with E-state index in [0.717, 1.165) is 6.08 Å². The molecule has 1 aromatic heterocycles. The Morgan fingerprint density at radius 1 is 1.36 bits per heavy atom. The monoisotopic (exact) mass is 373 g/mol. The smallest absolute Gasteiger partial charge is 0.413 e. The molecule has 0 bridgehead atoms. The van der Waals surface area contributed by atoms with E-state index in [4.69, 9.17) is 11.6 Å². The van der Waals surface area contributed by atoms with E-state index >= 15 is 0 Å². The van der Waals surface area contributed by atoms with Crippen LogP contribution in [-0.2, 0) is 0 Å². The molecule has 3 nitrogen and oxygen atoms in total. The van der Waals surface area contributed by atoms with E-state index in [1.807, 2.05) is 6.92 Å². The average Bonchev–Trinajstić information content (AvgIpc) is 2.49. The minimum absolute atomic E-state index is 0.0784. The standard InChI is InChI=1S/C18H19ClF3NO2/c1-3-4-13-14(18(20,21)22)7-11(5-10(2)6-15(13)19)12-8-16(24)17(25)23-9-12/h3-4,6-11,13,24H,5H2,1-2H3,(H,23,25). The van der Waals surface area contributed by atoms with Gasteiger partial charge in [0.15, 0.2) is 5.75 Å². The molecule has 2 rings (SSSR count). The lowest BCUT2D eigenvalue weighted by atomic mass is 9.82. The van der Waals surface area contributed by atoms with Gasteiger partial charge >= 0.3 is 6.18 Å². The summed E-state index contributed by atoms with van der Waals surface area (Å²) in [6.07, 6.45) is 2.87. The maximum Gasteiger partial charge on any atom is 0.413 e. The van der Waals surface area contributed by atoms with Crippen molar-refractivity contribution in [1.82, 2.24) is 4.98 Å². The van der Waals surface area contributed by atoms with Crippen molar-refractivity contribution in [2.45, 2.75) is 32.4 Å². The highest BCUT2D eigenvalue weighted by molar-refractivity contribution is 6.30. The Kier molecular flexibility index (Phi) is 5.83. The number of rotatable bonds is 2. The van der Waals surface area contributed by atoms with Crippen molar-refractivity contribution < 1.29 is 18.3 Å². The minimum atomic E-state index is -4.55. The predicted octanol–water partition coefficient (Wildman–Crippen LogP) is 5.01. The van der Waals surface area contributed by atoms with Crippen LogP contribution in [0.4, 0.5) is 13.2 Å². The molecule has 0 aromatic carbocycles. The number of hydrogen-bond donors (Lipinski definition) is 2. The first-order valence-corrected chi connectivity index (χ1v) is 8.21. The third-order valence-electron chi connectivity index (χ3n) is 4.13. The average molecular weight is 374 g/mol. The van der Waals surface area contributed by atoms with Crippen LogP contribution in [0.5, 0.6) is 5.75 Å². The summed E-state index contributed by atoms with van der Waals surface area (Å²) in [6.45, 7) is 3.50. The molecule has 0 spiro atoms. The van der Waals surface area contributed by atoms with Gasteiger partial charge in [0.2, 0.25) is 0 Å². The molecular weight excluding hydrogens is 355 g/mol. The van der Waals surface area contributed by atoms with Crippen LogP contribution >= 0.6 is 11.6 Å². The fraction of sp³-hybridized carbons (Fsp3) is 0.389. The van der Waals surface area contributed by atoms with Gasteiger partial charge in [0.05, 0.1) is 0 Å². The van der Waals surface area contributed by atoms with Crippen LogP contribution in [-0.4, -0.2) is 16.3 Å². The van der Waals surface area contributed by atoms with Gasteiger partial charge in [0.25, 0.3) is 5.56 Å². The van der Waals surface area contributed by atoms with E-state index < -0.39 is 34.9 Å². The number of allylic oxidation sites excluding steroid dienone is 6. The van der Waals surface area contributed by atoms with Gasteiger partial charge in [0, 0.05) is 28.6 Å². The Morgan fingerprint density at radius 2 is 2.04 bits per heavy atom. The first kappa shape index (κ1) is 19.4. The molecule has 3 unspecified atom stereocenters. The highest BCUT2D eigenvalue weighted by Gasteiger charge is 2.40. The largest absolute Gasteiger partial charge is 0.503 e. The van der Waals surface area contributed by atoms with Gasteiger partial charge in [-0.05, 0) is 30.9 Å². The fourth-order valence-electron chi connectivity index (χ4n) is 2.97. The van der Waals surface area contributed by atoms with E-state index in [0.29, 0.717) is 12.0 Å². The lowest BCUT2D eigenvalue weighted by molar-refractivity contribution is -0.0963. The minimum Gasteiger partial charge on any atom is -0.503 e. The summed E-state index contributed by atoms with van der Waals surface area (Å²) in [5.74, 6) is -2.30. The van der Waals surface area contributed by atoms with Crippen LogP contribution in [0.2, 0.25) is 0 Å². The second-order valence-electron chi connectivity index (χ2n) is 6.14. The van der Waals surface area contributed by atoms with E-state index in [9.17, 15) is 23.1 Å². The zero-order valence-electron chi connectivity index (χ0n) is 13.8. The van der Waals surface area contributed by atoms with Crippen molar-refractivity contribution in [3.63, 3.8) is 0 Å². The number of aromatic nitrogens is 1. The topological polar surface area (TPSA) is 53.1 Å². The van der Waals surface area contributed by atoms with Crippen LogP contribution in [0.15, 0.2) is 52.0 Å². The van der Waals surface area contributed by atoms with Crippen molar-refractivity contribution in [2.75, 3.05) is 0 Å². The quantitative estimate of drug-likeness (QED) is 0.716. The number of aromatic hydroxyl groups is 1. The third kappa shape index (κ3) is 4.57. The summed E-state index contributed by atoms with van der Waals surface area (Å²) in [5, 5.41) is 9.73. The van der Waals surface area contributed by atoms with Crippen LogP contribution in [0.3, 0.4) is 0 Å². The molecular formula is C18H19ClF3NO2. The number of halogens is 4. The summed E-state index contributed by atoms with van der Waals surface area (Å²) in [7, 11) is 0. The molecule has 136 valence electrons. The zero-order valence-corrected chi connectivity index (χ0v) is 14.5. The molecule has 2 N–H and O–H groups in total. The van der Waals surface area contributed by atoms with Crippen molar-refractivity contribution in [1.29, 1.82) is 0 Å². The number of nitrogens with one attached hydrogen (secondary N) is 1. The van der Waals surface area contributed by atoms with Crippen LogP contribution < -0.4 is 5.56 Å². The van der Waals surface area contributed by atoms with Crippen LogP contribution in [0, 0.1) is 11.8 Å². The Hall–Kier alpha value is -1.95. The number of hydrogen-bond acceptors (Lipinski definition) is 2. The molecule has 1 aliphatic rings. The van der Waals surface area contributed by atoms with Gasteiger partial charge in [-0.15, -0.1) is 0 Å². The molecule has 7 heteroatoms. The molecule has 1 heterocycles. The Balaban J connectivity index is 2.61. The normalized spacial score (nSPS) is 25.3. The van der Waals surface area contributed by atoms with Gasteiger partial charge in [-0.25, -0.2) is 0 Å². The highest BCUT2D eigenvalue weighted by atomic mass is 35.5. The van der Waals surface area contributed by atoms with Crippen molar-refractivity contribution in [3.8, 4) is 5.75 Å². The summed E-state index contributed by atoms with van der Waals surface area (Å²) >= 11 is 6.16. The Morgan fingerprint density at radius 3 is 2.60 bits per heavy atom. The number of pyridine rings is 1. The third-order valence-corrected chi connectivity index (χ3v) is 4.49. The van der Waals surface area contributed by atoms with Crippen LogP contribution in [0.1, 0.15) is 31.7 Å². The fourth-order valence-corrected chi connectivity index (χ4v) is 3.38. The maximum absolute atomic E-state index is 13.6. The SMILES string of the molecule is CC=CC1C(Cl)=CC(C)CC(c2c[nH]c(=O)c(O)c2)C=C1C(F)(F)F. The van der Waals surface area contributed by atoms with Crippen molar-refractivity contribution in [3.05, 3.63) is 63.1 Å². The van der Waals surface area contributed by atoms with Gasteiger partial charge in [-0.1, -0.05) is 42.8 Å².